The van der Waals surface area contributed by atoms with E-state index in [0.29, 0.717) is 10.4 Å². The van der Waals surface area contributed by atoms with Crippen molar-refractivity contribution in [2.45, 2.75) is 4.90 Å². The zero-order valence-corrected chi connectivity index (χ0v) is 8.69. The standard InChI is InChI=1S/C10H4N2S2/c11-4-7-2-8(13)1-6-3-9(5-12)14-10(6)7/h1-3,13H. The fraction of sp³-hybridized carbons (Fsp3) is 0. The molecule has 0 radical (unpaired) electrons. The Morgan fingerprint density at radius 1 is 1.14 bits per heavy atom. The number of thiophene rings is 1. The predicted octanol–water partition coefficient (Wildman–Crippen LogP) is 2.93. The number of nitrogens with zero attached hydrogens (tertiary/aromatic N) is 2. The highest BCUT2D eigenvalue weighted by Gasteiger charge is 2.06. The number of thiol groups is 1. The van der Waals surface area contributed by atoms with Crippen molar-refractivity contribution in [1.82, 2.24) is 0 Å². The molecule has 0 aliphatic rings. The van der Waals surface area contributed by atoms with Crippen LogP contribution in [0.1, 0.15) is 10.4 Å². The number of benzene rings is 1. The average molecular weight is 216 g/mol. The van der Waals surface area contributed by atoms with Crippen molar-refractivity contribution >= 4 is 34.1 Å². The summed E-state index contributed by atoms with van der Waals surface area (Å²) in [6.45, 7) is 0. The van der Waals surface area contributed by atoms with E-state index in [9.17, 15) is 0 Å². The molecule has 0 unspecified atom stereocenters. The normalized spacial score (nSPS) is 9.64. The second kappa shape index (κ2) is 3.34. The van der Waals surface area contributed by atoms with E-state index in [2.05, 4.69) is 24.8 Å². The largest absolute Gasteiger partial charge is 0.192 e. The second-order valence-corrected chi connectivity index (χ2v) is 4.31. The first-order chi connectivity index (χ1) is 6.74. The zero-order chi connectivity index (χ0) is 10.1. The van der Waals surface area contributed by atoms with Gasteiger partial charge in [-0.15, -0.1) is 24.0 Å². The number of nitriles is 2. The van der Waals surface area contributed by atoms with Crippen molar-refractivity contribution in [1.29, 1.82) is 10.5 Å². The van der Waals surface area contributed by atoms with Gasteiger partial charge in [-0.1, -0.05) is 0 Å². The van der Waals surface area contributed by atoms with Crippen LogP contribution in [0.25, 0.3) is 10.1 Å². The molecular formula is C10H4N2S2. The Hall–Kier alpha value is -1.49. The molecule has 4 heteroatoms. The van der Waals surface area contributed by atoms with Crippen LogP contribution >= 0.6 is 24.0 Å². The van der Waals surface area contributed by atoms with Crippen molar-refractivity contribution in [3.8, 4) is 12.1 Å². The molecule has 1 aromatic heterocycles. The molecule has 66 valence electrons. The minimum absolute atomic E-state index is 0.582. The van der Waals surface area contributed by atoms with Crippen LogP contribution in [0, 0.1) is 22.7 Å². The van der Waals surface area contributed by atoms with Gasteiger partial charge in [0.15, 0.2) is 0 Å². The summed E-state index contributed by atoms with van der Waals surface area (Å²) in [5, 5.41) is 18.5. The van der Waals surface area contributed by atoms with Gasteiger partial charge in [0.2, 0.25) is 0 Å². The Kier molecular flexibility index (Phi) is 2.17. The van der Waals surface area contributed by atoms with Crippen molar-refractivity contribution in [3.05, 3.63) is 28.6 Å². The lowest BCUT2D eigenvalue weighted by Crippen LogP contribution is -1.74. The van der Waals surface area contributed by atoms with E-state index in [-0.39, 0.29) is 0 Å². The summed E-state index contributed by atoms with van der Waals surface area (Å²) in [7, 11) is 0. The number of hydrogen-bond donors (Lipinski definition) is 1. The molecular weight excluding hydrogens is 212 g/mol. The number of hydrogen-bond acceptors (Lipinski definition) is 4. The summed E-state index contributed by atoms with van der Waals surface area (Å²) in [5.41, 5.74) is 0.582. The summed E-state index contributed by atoms with van der Waals surface area (Å²) < 4.78 is 0.863. The van der Waals surface area contributed by atoms with Crippen molar-refractivity contribution < 1.29 is 0 Å². The van der Waals surface area contributed by atoms with Gasteiger partial charge in [-0.25, -0.2) is 0 Å². The predicted molar refractivity (Wildman–Crippen MR) is 58.5 cm³/mol. The molecule has 2 aromatic rings. The van der Waals surface area contributed by atoms with Crippen LogP contribution in [0.5, 0.6) is 0 Å². The third kappa shape index (κ3) is 1.35. The van der Waals surface area contributed by atoms with E-state index in [1.54, 1.807) is 12.1 Å². The first-order valence-electron chi connectivity index (χ1n) is 3.81. The summed E-state index contributed by atoms with van der Waals surface area (Å²) in [6.07, 6.45) is 0. The van der Waals surface area contributed by atoms with Gasteiger partial charge in [0.1, 0.15) is 17.0 Å². The fourth-order valence-electron chi connectivity index (χ4n) is 1.28. The zero-order valence-electron chi connectivity index (χ0n) is 6.98. The lowest BCUT2D eigenvalue weighted by molar-refractivity contribution is 1.46. The topological polar surface area (TPSA) is 47.6 Å². The Morgan fingerprint density at radius 3 is 2.57 bits per heavy atom. The van der Waals surface area contributed by atoms with Gasteiger partial charge in [0.05, 0.1) is 10.3 Å². The van der Waals surface area contributed by atoms with Gasteiger partial charge < -0.3 is 0 Å². The number of rotatable bonds is 0. The highest BCUT2D eigenvalue weighted by Crippen LogP contribution is 2.30. The fourth-order valence-corrected chi connectivity index (χ4v) is 2.45. The first-order valence-corrected chi connectivity index (χ1v) is 5.07. The molecule has 0 aliphatic heterocycles. The highest BCUT2D eigenvalue weighted by atomic mass is 32.1. The maximum absolute atomic E-state index is 8.88. The Bertz CT molecular complexity index is 584. The van der Waals surface area contributed by atoms with Gasteiger partial charge >= 0.3 is 0 Å². The third-order valence-electron chi connectivity index (χ3n) is 1.83. The third-order valence-corrected chi connectivity index (χ3v) is 3.18. The van der Waals surface area contributed by atoms with E-state index < -0.39 is 0 Å². The minimum Gasteiger partial charge on any atom is -0.192 e. The van der Waals surface area contributed by atoms with Crippen LogP contribution in [0.4, 0.5) is 0 Å². The van der Waals surface area contributed by atoms with E-state index in [1.165, 1.54) is 11.3 Å². The molecule has 0 N–H and O–H groups in total. The van der Waals surface area contributed by atoms with Crippen LogP contribution in [0.2, 0.25) is 0 Å². The van der Waals surface area contributed by atoms with Crippen LogP contribution in [-0.4, -0.2) is 0 Å². The molecule has 0 fully saturated rings. The molecule has 1 aromatic carbocycles. The van der Waals surface area contributed by atoms with Crippen molar-refractivity contribution in [2.75, 3.05) is 0 Å². The summed E-state index contributed by atoms with van der Waals surface area (Å²) in [6, 6.07) is 9.52. The summed E-state index contributed by atoms with van der Waals surface area (Å²) in [4.78, 5) is 1.37. The Balaban J connectivity index is 2.88. The van der Waals surface area contributed by atoms with E-state index in [4.69, 9.17) is 10.5 Å². The molecule has 0 amide bonds. The van der Waals surface area contributed by atoms with Crippen molar-refractivity contribution in [3.63, 3.8) is 0 Å². The lowest BCUT2D eigenvalue weighted by atomic mass is 10.2. The van der Waals surface area contributed by atoms with Gasteiger partial charge in [0.25, 0.3) is 0 Å². The molecule has 0 saturated heterocycles. The van der Waals surface area contributed by atoms with Gasteiger partial charge in [-0.3, -0.25) is 0 Å². The minimum atomic E-state index is 0.582. The Morgan fingerprint density at radius 2 is 1.93 bits per heavy atom. The molecule has 0 aliphatic carbocycles. The second-order valence-electron chi connectivity index (χ2n) is 2.75. The van der Waals surface area contributed by atoms with Crippen molar-refractivity contribution in [2.24, 2.45) is 0 Å². The average Bonchev–Trinajstić information content (AvgIpc) is 2.59. The van der Waals surface area contributed by atoms with E-state index in [0.717, 1.165) is 15.0 Å². The highest BCUT2D eigenvalue weighted by molar-refractivity contribution is 7.80. The van der Waals surface area contributed by atoms with E-state index in [1.807, 2.05) is 6.07 Å². The lowest BCUT2D eigenvalue weighted by Gasteiger charge is -1.94. The molecule has 0 atom stereocenters. The quantitative estimate of drug-likeness (QED) is 0.688. The maximum atomic E-state index is 8.88. The van der Waals surface area contributed by atoms with Crippen LogP contribution in [0.3, 0.4) is 0 Å². The monoisotopic (exact) mass is 216 g/mol. The number of fused-ring (bicyclic) bond motifs is 1. The SMILES string of the molecule is N#Cc1cc2cc(S)cc(C#N)c2s1. The van der Waals surface area contributed by atoms with Gasteiger partial charge in [-0.2, -0.15) is 10.5 Å². The van der Waals surface area contributed by atoms with Crippen LogP contribution in [0.15, 0.2) is 23.1 Å². The smallest absolute Gasteiger partial charge is 0.110 e. The maximum Gasteiger partial charge on any atom is 0.110 e. The molecule has 2 nitrogen and oxygen atoms in total. The molecule has 14 heavy (non-hydrogen) atoms. The Labute approximate surface area is 90.4 Å². The molecule has 1 heterocycles. The summed E-state index contributed by atoms with van der Waals surface area (Å²) in [5.74, 6) is 0. The molecule has 0 spiro atoms. The van der Waals surface area contributed by atoms with Crippen LogP contribution < -0.4 is 0 Å². The summed E-state index contributed by atoms with van der Waals surface area (Å²) >= 11 is 5.53. The molecule has 0 saturated carbocycles. The molecule has 0 bridgehead atoms. The van der Waals surface area contributed by atoms with Gasteiger partial charge in [-0.05, 0) is 23.6 Å². The van der Waals surface area contributed by atoms with E-state index >= 15 is 0 Å². The first kappa shape index (κ1) is 9.08. The van der Waals surface area contributed by atoms with Gasteiger partial charge in [0, 0.05) is 4.90 Å². The van der Waals surface area contributed by atoms with Crippen LogP contribution in [-0.2, 0) is 0 Å². The molecule has 2 rings (SSSR count).